The third kappa shape index (κ3) is 2.42. The second kappa shape index (κ2) is 4.53. The summed E-state index contributed by atoms with van der Waals surface area (Å²) >= 11 is 0. The van der Waals surface area contributed by atoms with Crippen LogP contribution >= 0.6 is 0 Å². The predicted octanol–water partition coefficient (Wildman–Crippen LogP) is 2.29. The zero-order valence-electron chi connectivity index (χ0n) is 9.11. The molecule has 0 aliphatic heterocycles. The topological polar surface area (TPSA) is 51.8 Å². The normalized spacial score (nSPS) is 18.4. The number of rotatable bonds is 2. The van der Waals surface area contributed by atoms with E-state index in [0.29, 0.717) is 0 Å². The predicted molar refractivity (Wildman–Crippen MR) is 60.2 cm³/mol. The molecule has 1 aromatic rings. The number of nitrogens with zero attached hydrogens (tertiary/aromatic N) is 2. The molecule has 1 atom stereocenters. The van der Waals surface area contributed by atoms with Crippen molar-refractivity contribution in [2.75, 3.05) is 0 Å². The van der Waals surface area contributed by atoms with Gasteiger partial charge in [0.2, 0.25) is 0 Å². The minimum absolute atomic E-state index is 0.0570. The molecule has 0 aromatic carbocycles. The van der Waals surface area contributed by atoms with Crippen LogP contribution in [0.2, 0.25) is 0 Å². The Morgan fingerprint density at radius 3 is 2.73 bits per heavy atom. The fourth-order valence-electron chi connectivity index (χ4n) is 1.90. The summed E-state index contributed by atoms with van der Waals surface area (Å²) in [5.74, 6) is 0. The second-order valence-corrected chi connectivity index (χ2v) is 4.09. The molecule has 1 aliphatic carbocycles. The maximum atomic E-state index is 6.15. The first-order chi connectivity index (χ1) is 7.27. The molecule has 3 heteroatoms. The smallest absolute Gasteiger partial charge is 0.0796 e. The Morgan fingerprint density at radius 2 is 2.13 bits per heavy atom. The van der Waals surface area contributed by atoms with E-state index in [4.69, 9.17) is 5.73 Å². The summed E-state index contributed by atoms with van der Waals surface area (Å²) in [6, 6.07) is -0.0570. The quantitative estimate of drug-likeness (QED) is 0.750. The first kappa shape index (κ1) is 10.3. The van der Waals surface area contributed by atoms with Gasteiger partial charge in [-0.1, -0.05) is 11.6 Å². The number of hydrogen-bond donors (Lipinski definition) is 1. The molecule has 1 unspecified atom stereocenters. The van der Waals surface area contributed by atoms with Crippen LogP contribution in [0.3, 0.4) is 0 Å². The van der Waals surface area contributed by atoms with Gasteiger partial charge in [0, 0.05) is 6.20 Å². The van der Waals surface area contributed by atoms with Gasteiger partial charge in [-0.25, -0.2) is 0 Å². The summed E-state index contributed by atoms with van der Waals surface area (Å²) in [5.41, 5.74) is 9.28. The van der Waals surface area contributed by atoms with E-state index in [1.54, 1.807) is 12.4 Å². The molecule has 2 N–H and O–H groups in total. The van der Waals surface area contributed by atoms with Gasteiger partial charge in [-0.15, -0.1) is 0 Å². The maximum Gasteiger partial charge on any atom is 0.0796 e. The van der Waals surface area contributed by atoms with Crippen LogP contribution in [0.4, 0.5) is 0 Å². The zero-order valence-corrected chi connectivity index (χ0v) is 9.11. The van der Waals surface area contributed by atoms with Gasteiger partial charge in [-0.2, -0.15) is 0 Å². The van der Waals surface area contributed by atoms with E-state index in [9.17, 15) is 0 Å². The molecule has 3 nitrogen and oxygen atoms in total. The van der Waals surface area contributed by atoms with Crippen molar-refractivity contribution in [2.45, 2.75) is 38.6 Å². The molecular formula is C12H17N3. The summed E-state index contributed by atoms with van der Waals surface area (Å²) < 4.78 is 0. The van der Waals surface area contributed by atoms with Gasteiger partial charge in [-0.3, -0.25) is 9.97 Å². The van der Waals surface area contributed by atoms with Gasteiger partial charge < -0.3 is 5.73 Å². The zero-order chi connectivity index (χ0) is 10.7. The van der Waals surface area contributed by atoms with Crippen LogP contribution in [0.15, 0.2) is 24.0 Å². The Bertz CT molecular complexity index is 354. The third-order valence-corrected chi connectivity index (χ3v) is 2.85. The lowest BCUT2D eigenvalue weighted by Crippen LogP contribution is -2.16. The highest BCUT2D eigenvalue weighted by Crippen LogP contribution is 2.26. The highest BCUT2D eigenvalue weighted by Gasteiger charge is 2.15. The molecule has 0 radical (unpaired) electrons. The molecule has 1 aromatic heterocycles. The van der Waals surface area contributed by atoms with Crippen LogP contribution < -0.4 is 5.73 Å². The minimum Gasteiger partial charge on any atom is -0.319 e. The summed E-state index contributed by atoms with van der Waals surface area (Å²) in [7, 11) is 0. The fraction of sp³-hybridized carbons (Fsp3) is 0.500. The minimum atomic E-state index is -0.0570. The SMILES string of the molecule is Cc1cnc(C(N)C2=CCCCC2)cn1. The monoisotopic (exact) mass is 203 g/mol. The molecule has 15 heavy (non-hydrogen) atoms. The molecule has 0 spiro atoms. The van der Waals surface area contributed by atoms with Crippen LogP contribution in [0.5, 0.6) is 0 Å². The van der Waals surface area contributed by atoms with E-state index in [1.807, 2.05) is 6.92 Å². The van der Waals surface area contributed by atoms with Crippen LogP contribution in [-0.4, -0.2) is 9.97 Å². The summed E-state index contributed by atoms with van der Waals surface area (Å²) in [4.78, 5) is 8.55. The van der Waals surface area contributed by atoms with Crippen molar-refractivity contribution in [1.29, 1.82) is 0 Å². The van der Waals surface area contributed by atoms with Crippen molar-refractivity contribution in [3.05, 3.63) is 35.4 Å². The van der Waals surface area contributed by atoms with Gasteiger partial charge in [-0.05, 0) is 32.6 Å². The van der Waals surface area contributed by atoms with E-state index in [0.717, 1.165) is 24.2 Å². The van der Waals surface area contributed by atoms with Gasteiger partial charge in [0.15, 0.2) is 0 Å². The van der Waals surface area contributed by atoms with E-state index >= 15 is 0 Å². The number of aromatic nitrogens is 2. The average molecular weight is 203 g/mol. The van der Waals surface area contributed by atoms with Gasteiger partial charge >= 0.3 is 0 Å². The number of allylic oxidation sites excluding steroid dienone is 1. The Labute approximate surface area is 90.4 Å². The standard InChI is InChI=1S/C12H17N3/c1-9-7-15-11(8-14-9)12(13)10-5-3-2-4-6-10/h5,7-8,12H,2-4,6,13H2,1H3. The first-order valence-electron chi connectivity index (χ1n) is 5.50. The lowest BCUT2D eigenvalue weighted by molar-refractivity contribution is 0.639. The molecule has 1 aliphatic rings. The number of aryl methyl sites for hydroxylation is 1. The molecule has 80 valence electrons. The van der Waals surface area contributed by atoms with Crippen molar-refractivity contribution < 1.29 is 0 Å². The van der Waals surface area contributed by atoms with E-state index < -0.39 is 0 Å². The Morgan fingerprint density at radius 1 is 1.27 bits per heavy atom. The lowest BCUT2D eigenvalue weighted by atomic mass is 9.93. The van der Waals surface area contributed by atoms with Crippen LogP contribution in [0.1, 0.15) is 43.1 Å². The Balaban J connectivity index is 2.16. The lowest BCUT2D eigenvalue weighted by Gasteiger charge is -2.18. The molecule has 2 rings (SSSR count). The van der Waals surface area contributed by atoms with Crippen molar-refractivity contribution in [1.82, 2.24) is 9.97 Å². The van der Waals surface area contributed by atoms with E-state index in [2.05, 4.69) is 16.0 Å². The van der Waals surface area contributed by atoms with Crippen molar-refractivity contribution in [3.63, 3.8) is 0 Å². The van der Waals surface area contributed by atoms with Crippen LogP contribution in [0.25, 0.3) is 0 Å². The first-order valence-corrected chi connectivity index (χ1v) is 5.50. The second-order valence-electron chi connectivity index (χ2n) is 4.09. The third-order valence-electron chi connectivity index (χ3n) is 2.85. The molecule has 0 bridgehead atoms. The molecular weight excluding hydrogens is 186 g/mol. The van der Waals surface area contributed by atoms with Crippen LogP contribution in [0, 0.1) is 6.92 Å². The molecule has 0 saturated carbocycles. The Hall–Kier alpha value is -1.22. The molecule has 0 saturated heterocycles. The Kier molecular flexibility index (Phi) is 3.11. The highest BCUT2D eigenvalue weighted by atomic mass is 14.8. The molecule has 0 fully saturated rings. The largest absolute Gasteiger partial charge is 0.319 e. The fourth-order valence-corrected chi connectivity index (χ4v) is 1.90. The van der Waals surface area contributed by atoms with Crippen molar-refractivity contribution >= 4 is 0 Å². The van der Waals surface area contributed by atoms with E-state index in [-0.39, 0.29) is 6.04 Å². The molecule has 1 heterocycles. The van der Waals surface area contributed by atoms with Gasteiger partial charge in [0.25, 0.3) is 0 Å². The van der Waals surface area contributed by atoms with Crippen molar-refractivity contribution in [2.24, 2.45) is 5.73 Å². The van der Waals surface area contributed by atoms with Gasteiger partial charge in [0.1, 0.15) is 0 Å². The number of nitrogens with two attached hydrogens (primary N) is 1. The number of hydrogen-bond acceptors (Lipinski definition) is 3. The summed E-state index contributed by atoms with van der Waals surface area (Å²) in [6.07, 6.45) is 10.6. The summed E-state index contributed by atoms with van der Waals surface area (Å²) in [6.45, 7) is 1.93. The van der Waals surface area contributed by atoms with Crippen LogP contribution in [-0.2, 0) is 0 Å². The van der Waals surface area contributed by atoms with Crippen molar-refractivity contribution in [3.8, 4) is 0 Å². The van der Waals surface area contributed by atoms with Gasteiger partial charge in [0.05, 0.1) is 23.6 Å². The maximum absolute atomic E-state index is 6.15. The summed E-state index contributed by atoms with van der Waals surface area (Å²) in [5, 5.41) is 0. The highest BCUT2D eigenvalue weighted by molar-refractivity contribution is 5.21. The van der Waals surface area contributed by atoms with E-state index in [1.165, 1.54) is 18.4 Å². The molecule has 0 amide bonds. The average Bonchev–Trinajstić information content (AvgIpc) is 2.30.